The van der Waals surface area contributed by atoms with Crippen molar-refractivity contribution in [2.24, 2.45) is 5.41 Å². The Morgan fingerprint density at radius 3 is 2.71 bits per heavy atom. The van der Waals surface area contributed by atoms with E-state index in [0.29, 0.717) is 0 Å². The molecule has 0 saturated carbocycles. The zero-order valence-corrected chi connectivity index (χ0v) is 10.2. The third-order valence-electron chi connectivity index (χ3n) is 3.51. The summed E-state index contributed by atoms with van der Waals surface area (Å²) >= 11 is 0. The van der Waals surface area contributed by atoms with Crippen LogP contribution in [-0.2, 0) is 11.2 Å². The molecule has 0 aromatic carbocycles. The second kappa shape index (κ2) is 5.27. The van der Waals surface area contributed by atoms with E-state index in [-0.39, 0.29) is 11.3 Å². The molecular weight excluding hydrogens is 214 g/mol. The van der Waals surface area contributed by atoms with Crippen molar-refractivity contribution in [3.63, 3.8) is 0 Å². The molecule has 0 aliphatic carbocycles. The lowest BCUT2D eigenvalue weighted by molar-refractivity contribution is -0.134. The number of amides is 1. The molecule has 2 rings (SSSR count). The molecule has 17 heavy (non-hydrogen) atoms. The molecule has 1 saturated heterocycles. The maximum Gasteiger partial charge on any atom is 0.228 e. The predicted molar refractivity (Wildman–Crippen MR) is 66.5 cm³/mol. The van der Waals surface area contributed by atoms with E-state index >= 15 is 0 Å². The molecular formula is C13H19N3O. The zero-order chi connectivity index (χ0) is 12.1. The first kappa shape index (κ1) is 12.0. The molecule has 1 aromatic heterocycles. The average molecular weight is 233 g/mol. The van der Waals surface area contributed by atoms with Crippen molar-refractivity contribution in [2.45, 2.75) is 19.3 Å². The highest BCUT2D eigenvalue weighted by Gasteiger charge is 2.42. The van der Waals surface area contributed by atoms with Crippen LogP contribution >= 0.6 is 0 Å². The zero-order valence-electron chi connectivity index (χ0n) is 10.2. The van der Waals surface area contributed by atoms with Crippen molar-refractivity contribution < 1.29 is 4.79 Å². The Hall–Kier alpha value is -1.42. The highest BCUT2D eigenvalue weighted by atomic mass is 16.2. The van der Waals surface area contributed by atoms with Crippen LogP contribution in [0.1, 0.15) is 18.4 Å². The van der Waals surface area contributed by atoms with Gasteiger partial charge in [-0.05, 0) is 37.0 Å². The highest BCUT2D eigenvalue weighted by molar-refractivity contribution is 5.83. The molecule has 1 aromatic rings. The number of carbonyl (C=O) groups is 1. The van der Waals surface area contributed by atoms with Gasteiger partial charge in [-0.3, -0.25) is 9.78 Å². The Labute approximate surface area is 102 Å². The summed E-state index contributed by atoms with van der Waals surface area (Å²) in [6, 6.07) is 4.07. The van der Waals surface area contributed by atoms with Gasteiger partial charge in [-0.1, -0.05) is 0 Å². The van der Waals surface area contributed by atoms with E-state index < -0.39 is 0 Å². The lowest BCUT2D eigenvalue weighted by Gasteiger charge is -2.40. The third-order valence-corrected chi connectivity index (χ3v) is 3.51. The summed E-state index contributed by atoms with van der Waals surface area (Å²) in [6.45, 7) is 1.62. The number of aryl methyl sites for hydroxylation is 1. The Bertz CT molecular complexity index is 374. The number of hydrogen-bond acceptors (Lipinski definition) is 3. The van der Waals surface area contributed by atoms with Crippen LogP contribution in [0.25, 0.3) is 0 Å². The number of aromatic nitrogens is 1. The van der Waals surface area contributed by atoms with Crippen molar-refractivity contribution in [3.8, 4) is 0 Å². The summed E-state index contributed by atoms with van der Waals surface area (Å²) < 4.78 is 0. The lowest BCUT2D eigenvalue weighted by atomic mass is 9.76. The number of pyridine rings is 1. The molecule has 0 spiro atoms. The maximum atomic E-state index is 11.8. The summed E-state index contributed by atoms with van der Waals surface area (Å²) in [5.41, 5.74) is 1.13. The lowest BCUT2D eigenvalue weighted by Crippen LogP contribution is -2.60. The van der Waals surface area contributed by atoms with E-state index in [2.05, 4.69) is 15.6 Å². The molecule has 4 heteroatoms. The van der Waals surface area contributed by atoms with Crippen LogP contribution in [0.4, 0.5) is 0 Å². The quantitative estimate of drug-likeness (QED) is 0.788. The molecule has 1 fully saturated rings. The van der Waals surface area contributed by atoms with Gasteiger partial charge in [0.1, 0.15) is 0 Å². The fourth-order valence-electron chi connectivity index (χ4n) is 2.32. The third kappa shape index (κ3) is 2.64. The first-order valence-corrected chi connectivity index (χ1v) is 6.09. The van der Waals surface area contributed by atoms with Crippen molar-refractivity contribution >= 4 is 5.91 Å². The van der Waals surface area contributed by atoms with Gasteiger partial charge in [0, 0.05) is 32.5 Å². The van der Waals surface area contributed by atoms with Crippen LogP contribution in [-0.4, -0.2) is 31.0 Å². The first-order chi connectivity index (χ1) is 8.27. The SMILES string of the molecule is CNC(=O)C1(CCCc2ccncc2)CNC1. The van der Waals surface area contributed by atoms with Gasteiger partial charge < -0.3 is 10.6 Å². The minimum absolute atomic E-state index is 0.165. The van der Waals surface area contributed by atoms with Crippen molar-refractivity contribution in [1.82, 2.24) is 15.6 Å². The van der Waals surface area contributed by atoms with E-state index in [1.54, 1.807) is 7.05 Å². The van der Waals surface area contributed by atoms with Gasteiger partial charge in [0.25, 0.3) is 0 Å². The van der Waals surface area contributed by atoms with E-state index in [1.165, 1.54) is 5.56 Å². The van der Waals surface area contributed by atoms with Gasteiger partial charge in [0.15, 0.2) is 0 Å². The van der Waals surface area contributed by atoms with Crippen molar-refractivity contribution in [3.05, 3.63) is 30.1 Å². The van der Waals surface area contributed by atoms with Crippen LogP contribution in [0.5, 0.6) is 0 Å². The summed E-state index contributed by atoms with van der Waals surface area (Å²) in [7, 11) is 1.71. The van der Waals surface area contributed by atoms with Gasteiger partial charge in [0.2, 0.25) is 5.91 Å². The topological polar surface area (TPSA) is 54.0 Å². The number of carbonyl (C=O) groups excluding carboxylic acids is 1. The van der Waals surface area contributed by atoms with Crippen molar-refractivity contribution in [1.29, 1.82) is 0 Å². The molecule has 1 amide bonds. The highest BCUT2D eigenvalue weighted by Crippen LogP contribution is 2.29. The summed E-state index contributed by atoms with van der Waals surface area (Å²) in [5, 5.41) is 5.96. The number of nitrogens with one attached hydrogen (secondary N) is 2. The number of rotatable bonds is 5. The molecule has 4 nitrogen and oxygen atoms in total. The van der Waals surface area contributed by atoms with E-state index in [9.17, 15) is 4.79 Å². The van der Waals surface area contributed by atoms with Crippen LogP contribution < -0.4 is 10.6 Å². The van der Waals surface area contributed by atoms with Crippen LogP contribution in [0.15, 0.2) is 24.5 Å². The molecule has 0 radical (unpaired) electrons. The number of hydrogen-bond donors (Lipinski definition) is 2. The molecule has 0 unspecified atom stereocenters. The largest absolute Gasteiger partial charge is 0.359 e. The van der Waals surface area contributed by atoms with Crippen LogP contribution in [0.2, 0.25) is 0 Å². The molecule has 92 valence electrons. The summed E-state index contributed by atoms with van der Waals surface area (Å²) in [4.78, 5) is 15.8. The molecule has 2 N–H and O–H groups in total. The molecule has 1 aliphatic heterocycles. The molecule has 1 aliphatic rings. The fraction of sp³-hybridized carbons (Fsp3) is 0.538. The Balaban J connectivity index is 1.83. The Kier molecular flexibility index (Phi) is 3.74. The van der Waals surface area contributed by atoms with Crippen LogP contribution in [0, 0.1) is 5.41 Å². The summed E-state index contributed by atoms with van der Waals surface area (Å²) in [5.74, 6) is 0.172. The predicted octanol–water partition coefficient (Wildman–Crippen LogP) is 0.740. The molecule has 0 bridgehead atoms. The normalized spacial score (nSPS) is 17.2. The second-order valence-electron chi connectivity index (χ2n) is 4.67. The van der Waals surface area contributed by atoms with Crippen molar-refractivity contribution in [2.75, 3.05) is 20.1 Å². The average Bonchev–Trinajstić information content (AvgIpc) is 2.33. The van der Waals surface area contributed by atoms with Gasteiger partial charge in [-0.15, -0.1) is 0 Å². The van der Waals surface area contributed by atoms with Gasteiger partial charge >= 0.3 is 0 Å². The molecule has 0 atom stereocenters. The summed E-state index contributed by atoms with van der Waals surface area (Å²) in [6.07, 6.45) is 6.63. The second-order valence-corrected chi connectivity index (χ2v) is 4.67. The van der Waals surface area contributed by atoms with Gasteiger partial charge in [-0.25, -0.2) is 0 Å². The Morgan fingerprint density at radius 2 is 2.18 bits per heavy atom. The van der Waals surface area contributed by atoms with Gasteiger partial charge in [0.05, 0.1) is 5.41 Å². The Morgan fingerprint density at radius 1 is 1.47 bits per heavy atom. The minimum atomic E-state index is -0.165. The number of nitrogens with zero attached hydrogens (tertiary/aromatic N) is 1. The standard InChI is InChI=1S/C13H19N3O/c1-14-12(17)13(9-16-10-13)6-2-3-11-4-7-15-8-5-11/h4-5,7-8,16H,2-3,6,9-10H2,1H3,(H,14,17). The maximum absolute atomic E-state index is 11.8. The van der Waals surface area contributed by atoms with E-state index in [0.717, 1.165) is 32.4 Å². The minimum Gasteiger partial charge on any atom is -0.359 e. The molecule has 2 heterocycles. The van der Waals surface area contributed by atoms with E-state index in [1.807, 2.05) is 24.5 Å². The van der Waals surface area contributed by atoms with Gasteiger partial charge in [-0.2, -0.15) is 0 Å². The first-order valence-electron chi connectivity index (χ1n) is 6.09. The monoisotopic (exact) mass is 233 g/mol. The fourth-order valence-corrected chi connectivity index (χ4v) is 2.32. The van der Waals surface area contributed by atoms with E-state index in [4.69, 9.17) is 0 Å². The van der Waals surface area contributed by atoms with Crippen LogP contribution in [0.3, 0.4) is 0 Å². The smallest absolute Gasteiger partial charge is 0.228 e.